The highest BCUT2D eigenvalue weighted by Crippen LogP contribution is 2.23. The van der Waals surface area contributed by atoms with Crippen LogP contribution in [-0.2, 0) is 4.79 Å². The molecule has 0 heterocycles. The summed E-state index contributed by atoms with van der Waals surface area (Å²) in [7, 11) is 0. The molecule has 0 atom stereocenters. The number of esters is 1. The lowest BCUT2D eigenvalue weighted by atomic mass is 9.98. The molecule has 5 heteroatoms. The fourth-order valence-corrected chi connectivity index (χ4v) is 3.37. The molecule has 0 aliphatic rings. The van der Waals surface area contributed by atoms with Crippen LogP contribution in [-0.4, -0.2) is 18.5 Å². The van der Waals surface area contributed by atoms with Gasteiger partial charge in [-0.15, -0.1) is 0 Å². The normalized spacial score (nSPS) is 10.6. The summed E-state index contributed by atoms with van der Waals surface area (Å²) in [6, 6.07) is 21.8. The largest absolute Gasteiger partial charge is 0.494 e. The van der Waals surface area contributed by atoms with Crippen molar-refractivity contribution in [3.05, 3.63) is 89.5 Å². The Morgan fingerprint density at radius 2 is 1.59 bits per heavy atom. The number of hydrogen-bond acceptors (Lipinski definition) is 4. The number of hydrogen-bond donors (Lipinski definition) is 1. The van der Waals surface area contributed by atoms with Crippen molar-refractivity contribution in [2.75, 3.05) is 11.9 Å². The van der Waals surface area contributed by atoms with Crippen LogP contribution < -0.4 is 14.8 Å². The first kappa shape index (κ1) is 23.1. The van der Waals surface area contributed by atoms with E-state index in [2.05, 4.69) is 32.2 Å². The quantitative estimate of drug-likeness (QED) is 0.251. The Bertz CT molecular complexity index is 1040. The molecule has 1 amide bonds. The lowest BCUT2D eigenvalue weighted by Crippen LogP contribution is -2.12. The van der Waals surface area contributed by atoms with Crippen LogP contribution >= 0.6 is 0 Å². The summed E-state index contributed by atoms with van der Waals surface area (Å²) >= 11 is 0. The average Bonchev–Trinajstić information content (AvgIpc) is 2.77. The molecular formula is C27H29NO4. The topological polar surface area (TPSA) is 64.6 Å². The maximum absolute atomic E-state index is 12.3. The Kier molecular flexibility index (Phi) is 8.03. The number of rotatable bonds is 9. The minimum absolute atomic E-state index is 0.220. The van der Waals surface area contributed by atoms with Gasteiger partial charge in [0.1, 0.15) is 11.5 Å². The van der Waals surface area contributed by atoms with Gasteiger partial charge in [-0.05, 0) is 78.9 Å². The SMILES string of the molecule is Cc1cc(OCCCC(=O)Oc2ccc(C(=O)Nc3ccccc3)cc2)ccc1C(C)C. The van der Waals surface area contributed by atoms with Gasteiger partial charge in [0, 0.05) is 17.7 Å². The zero-order valence-electron chi connectivity index (χ0n) is 18.8. The number of carbonyl (C=O) groups is 2. The number of carbonyl (C=O) groups excluding carboxylic acids is 2. The summed E-state index contributed by atoms with van der Waals surface area (Å²) < 4.78 is 11.1. The number of para-hydroxylation sites is 1. The molecule has 0 aliphatic heterocycles. The molecule has 0 radical (unpaired) electrons. The van der Waals surface area contributed by atoms with Gasteiger partial charge in [0.15, 0.2) is 0 Å². The van der Waals surface area contributed by atoms with E-state index in [0.717, 1.165) is 11.4 Å². The lowest BCUT2D eigenvalue weighted by molar-refractivity contribution is -0.134. The minimum atomic E-state index is -0.332. The highest BCUT2D eigenvalue weighted by atomic mass is 16.5. The summed E-state index contributed by atoms with van der Waals surface area (Å²) in [6.07, 6.45) is 0.806. The number of nitrogens with one attached hydrogen (secondary N) is 1. The van der Waals surface area contributed by atoms with Crippen LogP contribution in [0, 0.1) is 6.92 Å². The van der Waals surface area contributed by atoms with Crippen molar-refractivity contribution >= 4 is 17.6 Å². The van der Waals surface area contributed by atoms with Gasteiger partial charge < -0.3 is 14.8 Å². The van der Waals surface area contributed by atoms with Crippen LogP contribution in [0.15, 0.2) is 72.8 Å². The van der Waals surface area contributed by atoms with Crippen molar-refractivity contribution in [2.45, 2.75) is 39.5 Å². The van der Waals surface area contributed by atoms with E-state index in [1.807, 2.05) is 42.5 Å². The zero-order chi connectivity index (χ0) is 22.9. The molecule has 0 spiro atoms. The first-order valence-electron chi connectivity index (χ1n) is 10.8. The van der Waals surface area contributed by atoms with Gasteiger partial charge in [0.2, 0.25) is 0 Å². The first-order chi connectivity index (χ1) is 15.4. The van der Waals surface area contributed by atoms with Crippen LogP contribution in [0.5, 0.6) is 11.5 Å². The predicted octanol–water partition coefficient (Wildman–Crippen LogP) is 6.14. The Balaban J connectivity index is 1.41. The molecule has 166 valence electrons. The smallest absolute Gasteiger partial charge is 0.311 e. The number of aryl methyl sites for hydroxylation is 1. The molecule has 3 aromatic carbocycles. The second kappa shape index (κ2) is 11.1. The van der Waals surface area contributed by atoms with E-state index in [0.29, 0.717) is 30.3 Å². The van der Waals surface area contributed by atoms with E-state index in [1.165, 1.54) is 11.1 Å². The third-order valence-corrected chi connectivity index (χ3v) is 5.04. The van der Waals surface area contributed by atoms with Crippen LogP contribution in [0.4, 0.5) is 5.69 Å². The van der Waals surface area contributed by atoms with Gasteiger partial charge in [-0.1, -0.05) is 38.1 Å². The van der Waals surface area contributed by atoms with E-state index in [-0.39, 0.29) is 18.3 Å². The molecule has 3 rings (SSSR count). The minimum Gasteiger partial charge on any atom is -0.494 e. The molecule has 32 heavy (non-hydrogen) atoms. The van der Waals surface area contributed by atoms with E-state index in [1.54, 1.807) is 24.3 Å². The predicted molar refractivity (Wildman–Crippen MR) is 126 cm³/mol. The van der Waals surface area contributed by atoms with Crippen molar-refractivity contribution in [3.63, 3.8) is 0 Å². The molecule has 3 aromatic rings. The summed E-state index contributed by atoms with van der Waals surface area (Å²) in [4.78, 5) is 24.4. The van der Waals surface area contributed by atoms with E-state index in [4.69, 9.17) is 9.47 Å². The number of anilines is 1. The Hall–Kier alpha value is -3.60. The van der Waals surface area contributed by atoms with Crippen LogP contribution in [0.1, 0.15) is 54.1 Å². The van der Waals surface area contributed by atoms with E-state index in [9.17, 15) is 9.59 Å². The molecular weight excluding hydrogens is 402 g/mol. The summed E-state index contributed by atoms with van der Waals surface area (Å²) in [6.45, 7) is 6.85. The molecule has 0 bridgehead atoms. The van der Waals surface area contributed by atoms with Crippen LogP contribution in [0.2, 0.25) is 0 Å². The maximum atomic E-state index is 12.3. The highest BCUT2D eigenvalue weighted by molar-refractivity contribution is 6.04. The molecule has 5 nitrogen and oxygen atoms in total. The van der Waals surface area contributed by atoms with Crippen molar-refractivity contribution in [1.29, 1.82) is 0 Å². The van der Waals surface area contributed by atoms with Crippen LogP contribution in [0.25, 0.3) is 0 Å². The van der Waals surface area contributed by atoms with Crippen molar-refractivity contribution in [2.24, 2.45) is 0 Å². The average molecular weight is 432 g/mol. The molecule has 1 N–H and O–H groups in total. The lowest BCUT2D eigenvalue weighted by Gasteiger charge is -2.12. The van der Waals surface area contributed by atoms with Gasteiger partial charge >= 0.3 is 5.97 Å². The molecule has 0 aromatic heterocycles. The number of amides is 1. The van der Waals surface area contributed by atoms with Crippen LogP contribution in [0.3, 0.4) is 0 Å². The van der Waals surface area contributed by atoms with Gasteiger partial charge in [0.05, 0.1) is 6.61 Å². The summed E-state index contributed by atoms with van der Waals surface area (Å²) in [5, 5.41) is 2.82. The van der Waals surface area contributed by atoms with Gasteiger partial charge in [0.25, 0.3) is 5.91 Å². The molecule has 0 fully saturated rings. The first-order valence-corrected chi connectivity index (χ1v) is 10.8. The van der Waals surface area contributed by atoms with Gasteiger partial charge in [-0.2, -0.15) is 0 Å². The third kappa shape index (κ3) is 6.71. The fourth-order valence-electron chi connectivity index (χ4n) is 3.37. The molecule has 0 unspecified atom stereocenters. The molecule has 0 saturated heterocycles. The monoisotopic (exact) mass is 431 g/mol. The second-order valence-corrected chi connectivity index (χ2v) is 7.94. The summed E-state index contributed by atoms with van der Waals surface area (Å²) in [5.74, 6) is 1.15. The molecule has 0 aliphatic carbocycles. The summed E-state index contributed by atoms with van der Waals surface area (Å²) in [5.41, 5.74) is 3.73. The number of benzene rings is 3. The van der Waals surface area contributed by atoms with Gasteiger partial charge in [-0.25, -0.2) is 0 Å². The van der Waals surface area contributed by atoms with Crippen molar-refractivity contribution < 1.29 is 19.1 Å². The fraction of sp³-hybridized carbons (Fsp3) is 0.259. The van der Waals surface area contributed by atoms with Crippen molar-refractivity contribution in [1.82, 2.24) is 0 Å². The third-order valence-electron chi connectivity index (χ3n) is 5.04. The number of ether oxygens (including phenoxy) is 2. The van der Waals surface area contributed by atoms with E-state index >= 15 is 0 Å². The van der Waals surface area contributed by atoms with E-state index < -0.39 is 0 Å². The standard InChI is InChI=1S/C27H29NO4/c1-19(2)25-16-15-24(18-20(25)3)31-17-7-10-26(29)32-23-13-11-21(12-14-23)27(30)28-22-8-5-4-6-9-22/h4-6,8-9,11-16,18-19H,7,10,17H2,1-3H3,(H,28,30). The Morgan fingerprint density at radius 1 is 0.906 bits per heavy atom. The highest BCUT2D eigenvalue weighted by Gasteiger charge is 2.09. The maximum Gasteiger partial charge on any atom is 0.311 e. The van der Waals surface area contributed by atoms with Gasteiger partial charge in [-0.3, -0.25) is 9.59 Å². The second-order valence-electron chi connectivity index (χ2n) is 7.94. The van der Waals surface area contributed by atoms with Crippen molar-refractivity contribution in [3.8, 4) is 11.5 Å². The zero-order valence-corrected chi connectivity index (χ0v) is 18.8. The Labute approximate surface area is 189 Å². The molecule has 0 saturated carbocycles. The Morgan fingerprint density at radius 3 is 2.25 bits per heavy atom.